The second-order valence-electron chi connectivity index (χ2n) is 4.93. The average molecular weight is 331 g/mol. The van der Waals surface area contributed by atoms with Gasteiger partial charge in [0.15, 0.2) is 16.7 Å². The van der Waals surface area contributed by atoms with E-state index in [2.05, 4.69) is 15.8 Å². The third kappa shape index (κ3) is 4.50. The van der Waals surface area contributed by atoms with E-state index in [0.717, 1.165) is 11.3 Å². The lowest BCUT2D eigenvalue weighted by Gasteiger charge is -2.10. The van der Waals surface area contributed by atoms with Gasteiger partial charge in [0.1, 0.15) is 0 Å². The summed E-state index contributed by atoms with van der Waals surface area (Å²) >= 11 is 5.21. The monoisotopic (exact) mass is 331 g/mol. The molecule has 2 N–H and O–H groups in total. The number of aryl methyl sites for hydroxylation is 1. The van der Waals surface area contributed by atoms with E-state index in [9.17, 15) is 4.39 Å². The lowest BCUT2D eigenvalue weighted by atomic mass is 10.1. The van der Waals surface area contributed by atoms with Gasteiger partial charge in [0, 0.05) is 11.3 Å². The van der Waals surface area contributed by atoms with Crippen molar-refractivity contribution in [2.75, 3.05) is 12.4 Å². The van der Waals surface area contributed by atoms with Crippen molar-refractivity contribution in [2.45, 2.75) is 13.8 Å². The van der Waals surface area contributed by atoms with Crippen molar-refractivity contribution in [2.24, 2.45) is 5.10 Å². The molecule has 0 saturated carbocycles. The van der Waals surface area contributed by atoms with Crippen LogP contribution in [-0.2, 0) is 0 Å². The molecule has 0 spiro atoms. The van der Waals surface area contributed by atoms with E-state index >= 15 is 0 Å². The maximum Gasteiger partial charge on any atom is 0.191 e. The number of rotatable bonds is 4. The van der Waals surface area contributed by atoms with Crippen molar-refractivity contribution in [3.8, 4) is 5.75 Å². The number of halogens is 1. The van der Waals surface area contributed by atoms with Crippen LogP contribution in [0.3, 0.4) is 0 Å². The Bertz CT molecular complexity index is 746. The minimum Gasteiger partial charge on any atom is -0.494 e. The highest BCUT2D eigenvalue weighted by atomic mass is 32.1. The number of hydrogen-bond acceptors (Lipinski definition) is 3. The summed E-state index contributed by atoms with van der Waals surface area (Å²) in [5.74, 6) is -0.230. The van der Waals surface area contributed by atoms with E-state index < -0.39 is 5.82 Å². The topological polar surface area (TPSA) is 45.6 Å². The predicted molar refractivity (Wildman–Crippen MR) is 95.7 cm³/mol. The average Bonchev–Trinajstić information content (AvgIpc) is 2.54. The highest BCUT2D eigenvalue weighted by Gasteiger charge is 2.06. The van der Waals surface area contributed by atoms with Gasteiger partial charge in [-0.15, -0.1) is 0 Å². The molecule has 0 amide bonds. The maximum atomic E-state index is 13.7. The van der Waals surface area contributed by atoms with Gasteiger partial charge in [-0.05, 0) is 55.9 Å². The van der Waals surface area contributed by atoms with Gasteiger partial charge >= 0.3 is 0 Å². The number of methoxy groups -OCH3 is 1. The lowest BCUT2D eigenvalue weighted by molar-refractivity contribution is 0.386. The first-order chi connectivity index (χ1) is 11.0. The maximum absolute atomic E-state index is 13.7. The number of benzene rings is 2. The molecule has 0 saturated heterocycles. The van der Waals surface area contributed by atoms with Gasteiger partial charge in [-0.1, -0.05) is 18.2 Å². The van der Waals surface area contributed by atoms with Crippen LogP contribution in [0.1, 0.15) is 18.1 Å². The molecule has 2 rings (SSSR count). The molecule has 0 atom stereocenters. The zero-order chi connectivity index (χ0) is 16.8. The quantitative estimate of drug-likeness (QED) is 0.507. The zero-order valence-corrected chi connectivity index (χ0v) is 14.0. The Hall–Kier alpha value is -2.47. The minimum atomic E-state index is -0.430. The van der Waals surface area contributed by atoms with Crippen LogP contribution in [0.5, 0.6) is 5.75 Å². The Morgan fingerprint density at radius 2 is 1.96 bits per heavy atom. The largest absolute Gasteiger partial charge is 0.494 e. The molecule has 0 bridgehead atoms. The van der Waals surface area contributed by atoms with Crippen LogP contribution in [0.2, 0.25) is 0 Å². The number of anilines is 1. The van der Waals surface area contributed by atoms with Crippen LogP contribution in [0.25, 0.3) is 0 Å². The summed E-state index contributed by atoms with van der Waals surface area (Å²) in [7, 11) is 1.43. The third-order valence-corrected chi connectivity index (χ3v) is 3.48. The summed E-state index contributed by atoms with van der Waals surface area (Å²) in [6.45, 7) is 3.75. The number of ether oxygens (including phenoxy) is 1. The fourth-order valence-electron chi connectivity index (χ4n) is 1.95. The zero-order valence-electron chi connectivity index (χ0n) is 13.2. The summed E-state index contributed by atoms with van der Waals surface area (Å²) in [6.07, 6.45) is 0. The summed E-state index contributed by atoms with van der Waals surface area (Å²) in [4.78, 5) is 0. The van der Waals surface area contributed by atoms with Crippen LogP contribution >= 0.6 is 12.2 Å². The van der Waals surface area contributed by atoms with Gasteiger partial charge in [0.05, 0.1) is 12.8 Å². The normalized spacial score (nSPS) is 11.0. The Balaban J connectivity index is 2.03. The van der Waals surface area contributed by atoms with E-state index in [4.69, 9.17) is 17.0 Å². The SMILES string of the molecule is COc1ccc(/C(C)=N\NC(=S)Nc2ccccc2C)cc1F. The van der Waals surface area contributed by atoms with E-state index in [1.165, 1.54) is 13.2 Å². The number of hydrazone groups is 1. The van der Waals surface area contributed by atoms with Gasteiger partial charge in [-0.3, -0.25) is 5.43 Å². The molecule has 0 aliphatic rings. The molecule has 0 aromatic heterocycles. The number of para-hydroxylation sites is 1. The Kier molecular flexibility index (Phi) is 5.65. The first-order valence-corrected chi connectivity index (χ1v) is 7.43. The summed E-state index contributed by atoms with van der Waals surface area (Å²) in [5.41, 5.74) is 6.01. The first kappa shape index (κ1) is 16.9. The van der Waals surface area contributed by atoms with Crippen molar-refractivity contribution in [1.29, 1.82) is 0 Å². The molecule has 120 valence electrons. The number of nitrogens with one attached hydrogen (secondary N) is 2. The number of thiocarbonyl (C=S) groups is 1. The van der Waals surface area contributed by atoms with Crippen LogP contribution in [0.15, 0.2) is 47.6 Å². The fraction of sp³-hybridized carbons (Fsp3) is 0.176. The second kappa shape index (κ2) is 7.69. The summed E-state index contributed by atoms with van der Waals surface area (Å²) in [6, 6.07) is 12.5. The molecule has 2 aromatic rings. The standard InChI is InChI=1S/C17H18FN3OS/c1-11-6-4-5-7-15(11)19-17(23)21-20-12(2)13-8-9-16(22-3)14(18)10-13/h4-10H,1-3H3,(H2,19,21,23)/b20-12-. The first-order valence-electron chi connectivity index (χ1n) is 7.02. The lowest BCUT2D eigenvalue weighted by Crippen LogP contribution is -2.25. The molecular weight excluding hydrogens is 313 g/mol. The predicted octanol–water partition coefficient (Wildman–Crippen LogP) is 3.85. The van der Waals surface area contributed by atoms with Gasteiger partial charge in [-0.25, -0.2) is 4.39 Å². The van der Waals surface area contributed by atoms with Gasteiger partial charge in [-0.2, -0.15) is 5.10 Å². The molecule has 4 nitrogen and oxygen atoms in total. The number of nitrogens with zero attached hydrogens (tertiary/aromatic N) is 1. The molecule has 0 radical (unpaired) electrons. The highest BCUT2D eigenvalue weighted by molar-refractivity contribution is 7.80. The van der Waals surface area contributed by atoms with Crippen LogP contribution < -0.4 is 15.5 Å². The van der Waals surface area contributed by atoms with E-state index in [1.807, 2.05) is 31.2 Å². The van der Waals surface area contributed by atoms with Crippen molar-refractivity contribution < 1.29 is 9.13 Å². The van der Waals surface area contributed by atoms with Crippen molar-refractivity contribution >= 4 is 28.7 Å². The van der Waals surface area contributed by atoms with Crippen LogP contribution in [-0.4, -0.2) is 17.9 Å². The number of hydrogen-bond donors (Lipinski definition) is 2. The fourth-order valence-corrected chi connectivity index (χ4v) is 2.11. The van der Waals surface area contributed by atoms with Gasteiger partial charge in [0.2, 0.25) is 0 Å². The van der Waals surface area contributed by atoms with Gasteiger partial charge in [0.25, 0.3) is 0 Å². The van der Waals surface area contributed by atoms with E-state index in [0.29, 0.717) is 16.4 Å². The molecule has 23 heavy (non-hydrogen) atoms. The Labute approximate surface area is 140 Å². The Morgan fingerprint density at radius 3 is 2.61 bits per heavy atom. The third-order valence-electron chi connectivity index (χ3n) is 3.29. The molecule has 0 aliphatic heterocycles. The summed E-state index contributed by atoms with van der Waals surface area (Å²) < 4.78 is 18.6. The molecule has 0 heterocycles. The molecule has 0 aliphatic carbocycles. The highest BCUT2D eigenvalue weighted by Crippen LogP contribution is 2.18. The van der Waals surface area contributed by atoms with Gasteiger partial charge < -0.3 is 10.1 Å². The summed E-state index contributed by atoms with van der Waals surface area (Å²) in [5, 5.41) is 7.61. The Morgan fingerprint density at radius 1 is 1.22 bits per heavy atom. The van der Waals surface area contributed by atoms with Crippen molar-refractivity contribution in [3.63, 3.8) is 0 Å². The molecule has 6 heteroatoms. The molecular formula is C17H18FN3OS. The van der Waals surface area contributed by atoms with Crippen LogP contribution in [0, 0.1) is 12.7 Å². The van der Waals surface area contributed by atoms with Crippen molar-refractivity contribution in [3.05, 3.63) is 59.4 Å². The molecule has 0 unspecified atom stereocenters. The molecule has 0 fully saturated rings. The minimum absolute atomic E-state index is 0.200. The smallest absolute Gasteiger partial charge is 0.191 e. The van der Waals surface area contributed by atoms with Crippen LogP contribution in [0.4, 0.5) is 10.1 Å². The van der Waals surface area contributed by atoms with E-state index in [-0.39, 0.29) is 5.75 Å². The second-order valence-corrected chi connectivity index (χ2v) is 5.34. The molecule has 2 aromatic carbocycles. The van der Waals surface area contributed by atoms with E-state index in [1.54, 1.807) is 19.1 Å². The van der Waals surface area contributed by atoms with Crippen molar-refractivity contribution in [1.82, 2.24) is 5.43 Å².